The van der Waals surface area contributed by atoms with Crippen LogP contribution in [0, 0.1) is 0 Å². The zero-order valence-corrected chi connectivity index (χ0v) is 17.9. The monoisotopic (exact) mass is 450 g/mol. The van der Waals surface area contributed by atoms with Gasteiger partial charge in [0.2, 0.25) is 5.95 Å². The summed E-state index contributed by atoms with van der Waals surface area (Å²) in [6.07, 6.45) is 2.17. The molecule has 1 aromatic carbocycles. The molecule has 0 unspecified atom stereocenters. The van der Waals surface area contributed by atoms with Gasteiger partial charge in [-0.25, -0.2) is 4.98 Å². The third-order valence-corrected chi connectivity index (χ3v) is 5.45. The van der Waals surface area contributed by atoms with Gasteiger partial charge in [-0.3, -0.25) is 15.2 Å². The van der Waals surface area contributed by atoms with Crippen LogP contribution in [-0.2, 0) is 13.0 Å². The third-order valence-electron chi connectivity index (χ3n) is 5.25. The molecular weight excluding hydrogens is 432 g/mol. The number of methoxy groups -OCH3 is 1. The summed E-state index contributed by atoms with van der Waals surface area (Å²) >= 11 is 6.23. The molecule has 9 nitrogen and oxygen atoms in total. The number of hydrogen-bond donors (Lipinski definition) is 2. The van der Waals surface area contributed by atoms with E-state index in [0.717, 1.165) is 34.7 Å². The zero-order valence-electron chi connectivity index (χ0n) is 17.1. The summed E-state index contributed by atoms with van der Waals surface area (Å²) in [4.78, 5) is 23.0. The lowest BCUT2D eigenvalue weighted by Crippen LogP contribution is -2.31. The van der Waals surface area contributed by atoms with Gasteiger partial charge in [0.05, 0.1) is 24.8 Å². The van der Waals surface area contributed by atoms with Gasteiger partial charge in [0.1, 0.15) is 16.7 Å². The topological polar surface area (TPSA) is 109 Å². The summed E-state index contributed by atoms with van der Waals surface area (Å²) in [6, 6.07) is 12.7. The highest BCUT2D eigenvalue weighted by atomic mass is 35.5. The molecule has 5 rings (SSSR count). The van der Waals surface area contributed by atoms with Gasteiger partial charge in [0.25, 0.3) is 5.91 Å². The largest absolute Gasteiger partial charge is 0.497 e. The molecule has 4 heterocycles. The third kappa shape index (κ3) is 3.90. The summed E-state index contributed by atoms with van der Waals surface area (Å²) in [7, 11) is 1.64. The predicted octanol–water partition coefficient (Wildman–Crippen LogP) is 3.94. The molecule has 0 atom stereocenters. The van der Waals surface area contributed by atoms with Gasteiger partial charge in [-0.05, 0) is 24.3 Å². The second-order valence-electron chi connectivity index (χ2n) is 7.23. The van der Waals surface area contributed by atoms with E-state index in [4.69, 9.17) is 20.8 Å². The Morgan fingerprint density at radius 3 is 2.97 bits per heavy atom. The smallest absolute Gasteiger partial charge is 0.293 e. The molecule has 0 saturated carbocycles. The number of benzene rings is 1. The van der Waals surface area contributed by atoms with Crippen LogP contribution in [-0.4, -0.2) is 39.7 Å². The highest BCUT2D eigenvalue weighted by Gasteiger charge is 2.25. The van der Waals surface area contributed by atoms with E-state index in [2.05, 4.69) is 30.4 Å². The standard InChI is InChI=1S/C22H19ClN6O3/c1-31-14-5-2-4-13(10-14)20-15-12-29(8-7-16(15)27-28-20)19-11-18(23)24-22(25-19)26-21(30)17-6-3-9-32-17/h2-6,9-11H,7-8,12H2,1H3,(H,27,28)(H,24,25,26,30). The number of ether oxygens (including phenoxy) is 1. The molecule has 0 fully saturated rings. The van der Waals surface area contributed by atoms with Crippen LogP contribution in [0.3, 0.4) is 0 Å². The van der Waals surface area contributed by atoms with Crippen molar-refractivity contribution in [2.75, 3.05) is 23.9 Å². The molecule has 0 bridgehead atoms. The van der Waals surface area contributed by atoms with Crippen LogP contribution in [0.15, 0.2) is 53.1 Å². The molecule has 1 aliphatic rings. The lowest BCUT2D eigenvalue weighted by atomic mass is 10.0. The van der Waals surface area contributed by atoms with E-state index in [0.29, 0.717) is 18.9 Å². The fourth-order valence-electron chi connectivity index (χ4n) is 3.70. The Morgan fingerprint density at radius 1 is 1.25 bits per heavy atom. The fraction of sp³-hybridized carbons (Fsp3) is 0.182. The lowest BCUT2D eigenvalue weighted by molar-refractivity contribution is 0.0996. The maximum absolute atomic E-state index is 12.3. The van der Waals surface area contributed by atoms with Crippen molar-refractivity contribution in [3.63, 3.8) is 0 Å². The van der Waals surface area contributed by atoms with Gasteiger partial charge < -0.3 is 14.1 Å². The number of halogens is 1. The van der Waals surface area contributed by atoms with Crippen LogP contribution in [0.2, 0.25) is 5.15 Å². The molecule has 2 N–H and O–H groups in total. The Bertz CT molecular complexity index is 1270. The summed E-state index contributed by atoms with van der Waals surface area (Å²) in [5.74, 6) is 1.22. The molecule has 162 valence electrons. The second-order valence-corrected chi connectivity index (χ2v) is 7.62. The Balaban J connectivity index is 1.41. The van der Waals surface area contributed by atoms with Crippen molar-refractivity contribution in [2.45, 2.75) is 13.0 Å². The normalized spacial score (nSPS) is 13.0. The van der Waals surface area contributed by atoms with Gasteiger partial charge in [-0.2, -0.15) is 10.1 Å². The number of aromatic nitrogens is 4. The number of aromatic amines is 1. The van der Waals surface area contributed by atoms with Crippen LogP contribution < -0.4 is 15.0 Å². The van der Waals surface area contributed by atoms with Crippen LogP contribution in [0.5, 0.6) is 5.75 Å². The summed E-state index contributed by atoms with van der Waals surface area (Å²) in [5.41, 5.74) is 4.04. The molecule has 1 amide bonds. The molecule has 32 heavy (non-hydrogen) atoms. The van der Waals surface area contributed by atoms with Crippen molar-refractivity contribution < 1.29 is 13.9 Å². The highest BCUT2D eigenvalue weighted by molar-refractivity contribution is 6.29. The van der Waals surface area contributed by atoms with Gasteiger partial charge in [-0.1, -0.05) is 23.7 Å². The molecule has 10 heteroatoms. The van der Waals surface area contributed by atoms with Crippen LogP contribution in [0.25, 0.3) is 11.3 Å². The quantitative estimate of drug-likeness (QED) is 0.443. The number of carbonyl (C=O) groups is 1. The lowest BCUT2D eigenvalue weighted by Gasteiger charge is -2.28. The number of furan rings is 1. The number of carbonyl (C=O) groups excluding carboxylic acids is 1. The SMILES string of the molecule is COc1cccc(-c2[nH]nc3c2CN(c2cc(Cl)nc(NC(=O)c4ccco4)n2)CC3)c1. The van der Waals surface area contributed by atoms with Gasteiger partial charge in [0.15, 0.2) is 5.76 Å². The number of H-pyrrole nitrogens is 1. The number of fused-ring (bicyclic) bond motifs is 1. The molecular formula is C22H19ClN6O3. The van der Waals surface area contributed by atoms with Gasteiger partial charge >= 0.3 is 0 Å². The summed E-state index contributed by atoms with van der Waals surface area (Å²) in [6.45, 7) is 1.28. The number of nitrogens with zero attached hydrogens (tertiary/aromatic N) is 4. The molecule has 0 radical (unpaired) electrons. The Labute approximate surface area is 188 Å². The number of hydrogen-bond acceptors (Lipinski definition) is 7. The van der Waals surface area contributed by atoms with E-state index >= 15 is 0 Å². The average Bonchev–Trinajstić information content (AvgIpc) is 3.48. The van der Waals surface area contributed by atoms with Crippen molar-refractivity contribution in [1.29, 1.82) is 0 Å². The molecule has 1 aliphatic heterocycles. The minimum Gasteiger partial charge on any atom is -0.497 e. The number of nitrogens with one attached hydrogen (secondary N) is 2. The van der Waals surface area contributed by atoms with Crippen LogP contribution >= 0.6 is 11.6 Å². The number of amides is 1. The van der Waals surface area contributed by atoms with Crippen molar-refractivity contribution >= 4 is 29.3 Å². The molecule has 4 aromatic rings. The fourth-order valence-corrected chi connectivity index (χ4v) is 3.88. The molecule has 0 spiro atoms. The number of rotatable bonds is 5. The van der Waals surface area contributed by atoms with E-state index in [1.807, 2.05) is 24.3 Å². The van der Waals surface area contributed by atoms with E-state index in [-0.39, 0.29) is 16.9 Å². The highest BCUT2D eigenvalue weighted by Crippen LogP contribution is 2.32. The van der Waals surface area contributed by atoms with Gasteiger partial charge in [-0.15, -0.1) is 0 Å². The summed E-state index contributed by atoms with van der Waals surface area (Å²) < 4.78 is 10.5. The number of anilines is 2. The average molecular weight is 451 g/mol. The Morgan fingerprint density at radius 2 is 2.16 bits per heavy atom. The zero-order chi connectivity index (χ0) is 22.1. The first-order valence-electron chi connectivity index (χ1n) is 9.95. The second kappa shape index (κ2) is 8.35. The molecule has 0 aliphatic carbocycles. The van der Waals surface area contributed by atoms with Crippen molar-refractivity contribution in [3.8, 4) is 17.0 Å². The molecule has 0 saturated heterocycles. The minimum absolute atomic E-state index is 0.111. The molecule has 3 aromatic heterocycles. The first kappa shape index (κ1) is 20.1. The van der Waals surface area contributed by atoms with E-state index < -0.39 is 5.91 Å². The van der Waals surface area contributed by atoms with Crippen LogP contribution in [0.1, 0.15) is 21.8 Å². The summed E-state index contributed by atoms with van der Waals surface area (Å²) in [5, 5.41) is 10.5. The van der Waals surface area contributed by atoms with Gasteiger partial charge in [0, 0.05) is 36.7 Å². The van der Waals surface area contributed by atoms with Crippen LogP contribution in [0.4, 0.5) is 11.8 Å². The Kier molecular flexibility index (Phi) is 5.24. The van der Waals surface area contributed by atoms with E-state index in [1.54, 1.807) is 25.3 Å². The van der Waals surface area contributed by atoms with Crippen molar-refractivity contribution in [2.24, 2.45) is 0 Å². The first-order chi connectivity index (χ1) is 15.6. The maximum atomic E-state index is 12.3. The van der Waals surface area contributed by atoms with Crippen molar-refractivity contribution in [1.82, 2.24) is 20.2 Å². The minimum atomic E-state index is -0.445. The van der Waals surface area contributed by atoms with E-state index in [9.17, 15) is 4.79 Å². The maximum Gasteiger partial charge on any atom is 0.293 e. The predicted molar refractivity (Wildman–Crippen MR) is 119 cm³/mol. The Hall–Kier alpha value is -3.85. The first-order valence-corrected chi connectivity index (χ1v) is 10.3. The van der Waals surface area contributed by atoms with Crippen molar-refractivity contribution in [3.05, 3.63) is 70.9 Å². The van der Waals surface area contributed by atoms with E-state index in [1.165, 1.54) is 6.26 Å².